The van der Waals surface area contributed by atoms with Gasteiger partial charge in [0.25, 0.3) is 0 Å². The van der Waals surface area contributed by atoms with Gasteiger partial charge in [0, 0.05) is 17.7 Å². The minimum Gasteiger partial charge on any atom is -0.493 e. The van der Waals surface area contributed by atoms with Gasteiger partial charge in [-0.1, -0.05) is 19.1 Å². The molecular formula is C14H20FNO. The summed E-state index contributed by atoms with van der Waals surface area (Å²) < 4.78 is 19.2. The summed E-state index contributed by atoms with van der Waals surface area (Å²) in [4.78, 5) is 0. The van der Waals surface area contributed by atoms with Crippen molar-refractivity contribution in [2.45, 2.75) is 26.3 Å². The first-order chi connectivity index (χ1) is 8.19. The maximum absolute atomic E-state index is 13.8. The van der Waals surface area contributed by atoms with E-state index in [9.17, 15) is 4.39 Å². The third-order valence-electron chi connectivity index (χ3n) is 2.54. The van der Waals surface area contributed by atoms with E-state index in [0.29, 0.717) is 17.9 Å². The van der Waals surface area contributed by atoms with Gasteiger partial charge in [0.2, 0.25) is 0 Å². The van der Waals surface area contributed by atoms with Gasteiger partial charge in [0.05, 0.1) is 6.61 Å². The zero-order chi connectivity index (χ0) is 12.7. The fourth-order valence-corrected chi connectivity index (χ4v) is 1.63. The van der Waals surface area contributed by atoms with Gasteiger partial charge in [-0.05, 0) is 26.0 Å². The Bertz CT molecular complexity index is 365. The van der Waals surface area contributed by atoms with Crippen molar-refractivity contribution in [3.63, 3.8) is 0 Å². The van der Waals surface area contributed by atoms with Gasteiger partial charge in [-0.2, -0.15) is 0 Å². The Kier molecular flexibility index (Phi) is 5.70. The molecule has 1 unspecified atom stereocenters. The summed E-state index contributed by atoms with van der Waals surface area (Å²) in [6.07, 6.45) is 2.54. The highest BCUT2D eigenvalue weighted by Crippen LogP contribution is 2.21. The van der Waals surface area contributed by atoms with Crippen molar-refractivity contribution in [1.29, 1.82) is 0 Å². The van der Waals surface area contributed by atoms with E-state index >= 15 is 0 Å². The Balaban J connectivity index is 2.68. The number of rotatable bonds is 7. The average molecular weight is 237 g/mol. The summed E-state index contributed by atoms with van der Waals surface area (Å²) in [6.45, 7) is 8.90. The molecule has 1 atom stereocenters. The molecule has 0 fully saturated rings. The molecule has 1 aromatic rings. The molecule has 1 N–H and O–H groups in total. The van der Waals surface area contributed by atoms with E-state index in [4.69, 9.17) is 4.74 Å². The minimum atomic E-state index is -0.227. The fraction of sp³-hybridized carbons (Fsp3) is 0.429. The highest BCUT2D eigenvalue weighted by Gasteiger charge is 2.10. The van der Waals surface area contributed by atoms with Crippen molar-refractivity contribution in [1.82, 2.24) is 5.32 Å². The summed E-state index contributed by atoms with van der Waals surface area (Å²) in [5.74, 6) is 0.339. The summed E-state index contributed by atoms with van der Waals surface area (Å²) in [5.41, 5.74) is 0.669. The van der Waals surface area contributed by atoms with Crippen LogP contribution >= 0.6 is 0 Å². The second-order valence-corrected chi connectivity index (χ2v) is 3.89. The summed E-state index contributed by atoms with van der Waals surface area (Å²) >= 11 is 0. The molecule has 0 aromatic heterocycles. The smallest absolute Gasteiger partial charge is 0.131 e. The van der Waals surface area contributed by atoms with Crippen molar-refractivity contribution in [2.75, 3.05) is 13.2 Å². The molecule has 0 saturated carbocycles. The van der Waals surface area contributed by atoms with Gasteiger partial charge in [-0.3, -0.25) is 0 Å². The number of ether oxygens (including phenoxy) is 1. The van der Waals surface area contributed by atoms with Gasteiger partial charge in [-0.25, -0.2) is 4.39 Å². The molecule has 0 bridgehead atoms. The second kappa shape index (κ2) is 7.07. The maximum atomic E-state index is 13.8. The van der Waals surface area contributed by atoms with E-state index in [1.54, 1.807) is 18.2 Å². The van der Waals surface area contributed by atoms with Gasteiger partial charge in [0.1, 0.15) is 11.6 Å². The molecule has 0 amide bonds. The molecule has 0 spiro atoms. The lowest BCUT2D eigenvalue weighted by Crippen LogP contribution is -2.18. The van der Waals surface area contributed by atoms with Crippen molar-refractivity contribution in [3.05, 3.63) is 42.2 Å². The highest BCUT2D eigenvalue weighted by atomic mass is 19.1. The Morgan fingerprint density at radius 1 is 1.53 bits per heavy atom. The Morgan fingerprint density at radius 3 is 2.88 bits per heavy atom. The number of hydrogen-bond donors (Lipinski definition) is 1. The second-order valence-electron chi connectivity index (χ2n) is 3.89. The molecule has 0 heterocycles. The Hall–Kier alpha value is -1.35. The van der Waals surface area contributed by atoms with E-state index in [0.717, 1.165) is 13.0 Å². The molecule has 1 rings (SSSR count). The van der Waals surface area contributed by atoms with E-state index in [2.05, 4.69) is 11.9 Å². The van der Waals surface area contributed by atoms with Crippen LogP contribution < -0.4 is 10.1 Å². The molecule has 0 aliphatic carbocycles. The number of nitrogens with one attached hydrogen (secondary N) is 1. The highest BCUT2D eigenvalue weighted by molar-refractivity contribution is 5.30. The van der Waals surface area contributed by atoms with Gasteiger partial charge in [-0.15, -0.1) is 6.58 Å². The molecular weight excluding hydrogens is 217 g/mol. The molecule has 0 saturated heterocycles. The van der Waals surface area contributed by atoms with Crippen LogP contribution in [-0.4, -0.2) is 13.2 Å². The molecule has 0 radical (unpaired) electrons. The van der Waals surface area contributed by atoms with E-state index < -0.39 is 0 Å². The Morgan fingerprint density at radius 2 is 2.29 bits per heavy atom. The minimum absolute atomic E-state index is 0.0159. The predicted octanol–water partition coefficient (Wildman–Crippen LogP) is 3.45. The standard InChI is InChI=1S/C14H20FNO/c1-4-6-9-17-12-7-8-13(14(15)10-12)11(3)16-5-2/h4,7-8,10-11,16H,1,5-6,9H2,2-3H3. The van der Waals surface area contributed by atoms with Crippen molar-refractivity contribution in [2.24, 2.45) is 0 Å². The normalized spacial score (nSPS) is 12.2. The predicted molar refractivity (Wildman–Crippen MR) is 68.8 cm³/mol. The first-order valence-corrected chi connectivity index (χ1v) is 5.95. The third-order valence-corrected chi connectivity index (χ3v) is 2.54. The molecule has 1 aromatic carbocycles. The van der Waals surface area contributed by atoms with Crippen molar-refractivity contribution >= 4 is 0 Å². The lowest BCUT2D eigenvalue weighted by atomic mass is 10.1. The van der Waals surface area contributed by atoms with Crippen LogP contribution in [0.3, 0.4) is 0 Å². The van der Waals surface area contributed by atoms with Gasteiger partial charge < -0.3 is 10.1 Å². The molecule has 3 heteroatoms. The quantitative estimate of drug-likeness (QED) is 0.579. The average Bonchev–Trinajstić information content (AvgIpc) is 2.29. The van der Waals surface area contributed by atoms with Crippen molar-refractivity contribution < 1.29 is 9.13 Å². The molecule has 0 aliphatic rings. The van der Waals surface area contributed by atoms with Crippen LogP contribution in [0.25, 0.3) is 0 Å². The maximum Gasteiger partial charge on any atom is 0.131 e. The number of hydrogen-bond acceptors (Lipinski definition) is 2. The van der Waals surface area contributed by atoms with Crippen LogP contribution in [0.1, 0.15) is 31.9 Å². The molecule has 0 aliphatic heterocycles. The lowest BCUT2D eigenvalue weighted by molar-refractivity contribution is 0.322. The number of halogens is 1. The lowest BCUT2D eigenvalue weighted by Gasteiger charge is -2.14. The summed E-state index contributed by atoms with van der Waals surface area (Å²) in [6, 6.07) is 5.02. The van der Waals surface area contributed by atoms with E-state index in [1.807, 2.05) is 13.8 Å². The zero-order valence-electron chi connectivity index (χ0n) is 10.5. The van der Waals surface area contributed by atoms with Crippen LogP contribution in [0.2, 0.25) is 0 Å². The first kappa shape index (κ1) is 13.7. The molecule has 17 heavy (non-hydrogen) atoms. The monoisotopic (exact) mass is 237 g/mol. The van der Waals surface area contributed by atoms with Crippen LogP contribution in [0.4, 0.5) is 4.39 Å². The van der Waals surface area contributed by atoms with Gasteiger partial charge >= 0.3 is 0 Å². The van der Waals surface area contributed by atoms with E-state index in [1.165, 1.54) is 6.07 Å². The van der Waals surface area contributed by atoms with Crippen molar-refractivity contribution in [3.8, 4) is 5.75 Å². The zero-order valence-corrected chi connectivity index (χ0v) is 10.5. The largest absolute Gasteiger partial charge is 0.493 e. The fourth-order valence-electron chi connectivity index (χ4n) is 1.63. The van der Waals surface area contributed by atoms with Gasteiger partial charge in [0.15, 0.2) is 0 Å². The number of benzene rings is 1. The first-order valence-electron chi connectivity index (χ1n) is 5.95. The summed E-state index contributed by atoms with van der Waals surface area (Å²) in [5, 5.41) is 3.18. The van der Waals surface area contributed by atoms with Crippen LogP contribution in [0.15, 0.2) is 30.9 Å². The van der Waals surface area contributed by atoms with Crippen LogP contribution in [0, 0.1) is 5.82 Å². The van der Waals surface area contributed by atoms with E-state index in [-0.39, 0.29) is 11.9 Å². The topological polar surface area (TPSA) is 21.3 Å². The van der Waals surface area contributed by atoms with Crippen LogP contribution in [0.5, 0.6) is 5.75 Å². The summed E-state index contributed by atoms with van der Waals surface area (Å²) in [7, 11) is 0. The molecule has 94 valence electrons. The SMILES string of the molecule is C=CCCOc1ccc(C(C)NCC)c(F)c1. The van der Waals surface area contributed by atoms with Crippen LogP contribution in [-0.2, 0) is 0 Å². The third kappa shape index (κ3) is 4.19. The molecule has 2 nitrogen and oxygen atoms in total. The Labute approximate surface area is 102 Å².